The Morgan fingerprint density at radius 1 is 0.759 bits per heavy atom. The Morgan fingerprint density at radius 3 is 1.90 bits per heavy atom. The van der Waals surface area contributed by atoms with Gasteiger partial charge in [0.05, 0.1) is 28.4 Å². The first-order valence-corrected chi connectivity index (χ1v) is 10.2. The van der Waals surface area contributed by atoms with Gasteiger partial charge in [0, 0.05) is 23.4 Å². The third kappa shape index (κ3) is 2.57. The molecule has 0 aliphatic carbocycles. The summed E-state index contributed by atoms with van der Waals surface area (Å²) in [5, 5.41) is 4.52. The van der Waals surface area contributed by atoms with E-state index in [0.717, 1.165) is 46.7 Å². The minimum absolute atomic E-state index is 0.636. The first kappa shape index (κ1) is 18.4. The summed E-state index contributed by atoms with van der Waals surface area (Å²) >= 11 is 0. The van der Waals surface area contributed by atoms with Crippen molar-refractivity contribution in [3.63, 3.8) is 0 Å². The highest BCUT2D eigenvalue weighted by molar-refractivity contribution is 6.17. The van der Waals surface area contributed by atoms with Crippen LogP contribution in [-0.4, -0.2) is 45.9 Å². The van der Waals surface area contributed by atoms with E-state index in [1.165, 1.54) is 41.3 Å². The minimum Gasteiger partial charge on any atom is -0.493 e. The van der Waals surface area contributed by atoms with Gasteiger partial charge in [-0.05, 0) is 59.8 Å². The van der Waals surface area contributed by atoms with Crippen molar-refractivity contribution >= 4 is 21.5 Å². The van der Waals surface area contributed by atoms with Gasteiger partial charge in [-0.25, -0.2) is 0 Å². The SMILES string of the molecule is COc1ccc2c3c(c4ccc(OC)c(OC)c4c2c1OC)CN1CCC[C@@H]1C3. The molecule has 1 saturated heterocycles. The van der Waals surface area contributed by atoms with Crippen molar-refractivity contribution in [2.24, 2.45) is 0 Å². The number of hydrogen-bond acceptors (Lipinski definition) is 5. The minimum atomic E-state index is 0.636. The molecule has 0 unspecified atom stereocenters. The lowest BCUT2D eigenvalue weighted by atomic mass is 9.84. The Bertz CT molecular complexity index is 1020. The van der Waals surface area contributed by atoms with Crippen molar-refractivity contribution in [1.82, 2.24) is 4.90 Å². The lowest BCUT2D eigenvalue weighted by Gasteiger charge is -2.34. The predicted molar refractivity (Wildman–Crippen MR) is 115 cm³/mol. The molecule has 1 atom stereocenters. The lowest BCUT2D eigenvalue weighted by Crippen LogP contribution is -2.35. The smallest absolute Gasteiger partial charge is 0.169 e. The number of fused-ring (bicyclic) bond motifs is 7. The molecular formula is C24H27NO4. The quantitative estimate of drug-likeness (QED) is 0.608. The second kappa shape index (κ2) is 6.99. The van der Waals surface area contributed by atoms with E-state index < -0.39 is 0 Å². The molecule has 0 saturated carbocycles. The van der Waals surface area contributed by atoms with E-state index in [1.807, 2.05) is 12.1 Å². The van der Waals surface area contributed by atoms with E-state index in [2.05, 4.69) is 17.0 Å². The fourth-order valence-corrected chi connectivity index (χ4v) is 5.37. The molecule has 5 nitrogen and oxygen atoms in total. The van der Waals surface area contributed by atoms with Crippen LogP contribution in [0.4, 0.5) is 0 Å². The number of ether oxygens (including phenoxy) is 4. The van der Waals surface area contributed by atoms with Gasteiger partial charge in [-0.15, -0.1) is 0 Å². The topological polar surface area (TPSA) is 40.2 Å². The molecule has 0 radical (unpaired) electrons. The molecule has 3 aromatic rings. The van der Waals surface area contributed by atoms with Gasteiger partial charge in [-0.1, -0.05) is 12.1 Å². The highest BCUT2D eigenvalue weighted by Crippen LogP contribution is 2.50. The third-order valence-electron chi connectivity index (χ3n) is 6.66. The predicted octanol–water partition coefficient (Wildman–Crippen LogP) is 4.55. The largest absolute Gasteiger partial charge is 0.493 e. The maximum atomic E-state index is 5.88. The van der Waals surface area contributed by atoms with E-state index in [0.29, 0.717) is 6.04 Å². The Balaban J connectivity index is 1.97. The number of rotatable bonds is 4. The van der Waals surface area contributed by atoms with Crippen LogP contribution in [-0.2, 0) is 13.0 Å². The molecule has 2 heterocycles. The van der Waals surface area contributed by atoms with Gasteiger partial charge in [-0.3, -0.25) is 4.90 Å². The maximum absolute atomic E-state index is 5.88. The van der Waals surface area contributed by atoms with Gasteiger partial charge in [0.2, 0.25) is 0 Å². The monoisotopic (exact) mass is 393 g/mol. The normalized spacial score (nSPS) is 18.6. The number of nitrogens with zero attached hydrogens (tertiary/aromatic N) is 1. The van der Waals surface area contributed by atoms with Gasteiger partial charge in [0.1, 0.15) is 0 Å². The molecule has 0 amide bonds. The highest BCUT2D eigenvalue weighted by Gasteiger charge is 2.33. The summed E-state index contributed by atoms with van der Waals surface area (Å²) in [6.45, 7) is 2.17. The molecule has 0 bridgehead atoms. The van der Waals surface area contributed by atoms with E-state index in [-0.39, 0.29) is 0 Å². The zero-order valence-corrected chi connectivity index (χ0v) is 17.5. The fraction of sp³-hybridized carbons (Fsp3) is 0.417. The van der Waals surface area contributed by atoms with Crippen molar-refractivity contribution < 1.29 is 18.9 Å². The van der Waals surface area contributed by atoms with Crippen molar-refractivity contribution in [2.75, 3.05) is 35.0 Å². The summed E-state index contributed by atoms with van der Waals surface area (Å²) in [6.07, 6.45) is 3.63. The molecule has 3 aromatic carbocycles. The molecule has 152 valence electrons. The maximum Gasteiger partial charge on any atom is 0.169 e. The number of hydrogen-bond donors (Lipinski definition) is 0. The van der Waals surface area contributed by atoms with Crippen LogP contribution in [0.3, 0.4) is 0 Å². The Hall–Kier alpha value is -2.66. The van der Waals surface area contributed by atoms with E-state index in [9.17, 15) is 0 Å². The number of methoxy groups -OCH3 is 4. The Morgan fingerprint density at radius 2 is 1.34 bits per heavy atom. The molecule has 2 aliphatic heterocycles. The van der Waals surface area contributed by atoms with Crippen LogP contribution >= 0.6 is 0 Å². The molecule has 5 heteroatoms. The summed E-state index contributed by atoms with van der Waals surface area (Å²) in [5.41, 5.74) is 2.84. The zero-order valence-electron chi connectivity index (χ0n) is 17.5. The fourth-order valence-electron chi connectivity index (χ4n) is 5.37. The summed E-state index contributed by atoms with van der Waals surface area (Å²) < 4.78 is 23.0. The molecule has 0 N–H and O–H groups in total. The van der Waals surface area contributed by atoms with Gasteiger partial charge in [0.15, 0.2) is 23.0 Å². The van der Waals surface area contributed by atoms with Crippen LogP contribution in [0.15, 0.2) is 24.3 Å². The Labute approximate surface area is 171 Å². The molecule has 0 aromatic heterocycles. The van der Waals surface area contributed by atoms with Crippen molar-refractivity contribution in [1.29, 1.82) is 0 Å². The summed E-state index contributed by atoms with van der Waals surface area (Å²) in [4.78, 5) is 2.63. The first-order chi connectivity index (χ1) is 14.2. The lowest BCUT2D eigenvalue weighted by molar-refractivity contribution is 0.229. The zero-order chi connectivity index (χ0) is 20.1. The van der Waals surface area contributed by atoms with Gasteiger partial charge >= 0.3 is 0 Å². The van der Waals surface area contributed by atoms with Gasteiger partial charge < -0.3 is 18.9 Å². The second-order valence-electron chi connectivity index (χ2n) is 7.88. The molecule has 0 spiro atoms. The van der Waals surface area contributed by atoms with Gasteiger partial charge in [-0.2, -0.15) is 0 Å². The average Bonchev–Trinajstić information content (AvgIpc) is 3.23. The van der Waals surface area contributed by atoms with Crippen molar-refractivity contribution in [3.8, 4) is 23.0 Å². The highest BCUT2D eigenvalue weighted by atomic mass is 16.5. The summed E-state index contributed by atoms with van der Waals surface area (Å²) in [6, 6.07) is 9.01. The molecule has 2 aliphatic rings. The second-order valence-corrected chi connectivity index (χ2v) is 7.88. The van der Waals surface area contributed by atoms with Crippen LogP contribution in [0.2, 0.25) is 0 Å². The summed E-state index contributed by atoms with van der Waals surface area (Å²) in [5.74, 6) is 2.94. The van der Waals surface area contributed by atoms with Crippen molar-refractivity contribution in [2.45, 2.75) is 31.8 Å². The third-order valence-corrected chi connectivity index (χ3v) is 6.66. The average molecular weight is 393 g/mol. The van der Waals surface area contributed by atoms with E-state index >= 15 is 0 Å². The summed E-state index contributed by atoms with van der Waals surface area (Å²) in [7, 11) is 6.76. The van der Waals surface area contributed by atoms with Crippen LogP contribution in [0.5, 0.6) is 23.0 Å². The molecule has 29 heavy (non-hydrogen) atoms. The van der Waals surface area contributed by atoms with Crippen LogP contribution in [0.1, 0.15) is 24.0 Å². The van der Waals surface area contributed by atoms with Crippen LogP contribution in [0.25, 0.3) is 21.5 Å². The molecular weight excluding hydrogens is 366 g/mol. The first-order valence-electron chi connectivity index (χ1n) is 10.2. The van der Waals surface area contributed by atoms with E-state index in [4.69, 9.17) is 18.9 Å². The number of benzene rings is 3. The van der Waals surface area contributed by atoms with E-state index in [1.54, 1.807) is 28.4 Å². The Kier molecular flexibility index (Phi) is 4.43. The van der Waals surface area contributed by atoms with Crippen molar-refractivity contribution in [3.05, 3.63) is 35.4 Å². The van der Waals surface area contributed by atoms with Crippen LogP contribution in [0, 0.1) is 0 Å². The molecule has 5 rings (SSSR count). The molecule has 1 fully saturated rings. The van der Waals surface area contributed by atoms with Gasteiger partial charge in [0.25, 0.3) is 0 Å². The standard InChI is InChI=1S/C24H27NO4/c1-26-19-9-7-15-17-12-14-6-5-11-25(14)13-18(17)16-8-10-20(27-2)24(29-4)22(16)21(15)23(19)28-3/h7-10,14H,5-6,11-13H2,1-4H3/t14-/m1/s1. The van der Waals surface area contributed by atoms with Crippen LogP contribution < -0.4 is 18.9 Å².